The minimum atomic E-state index is -0.0795. The van der Waals surface area contributed by atoms with E-state index in [9.17, 15) is 0 Å². The average Bonchev–Trinajstić information content (AvgIpc) is 2.29. The SMILES string of the molecule is CCC(CC(=N)N)Oc1ccc(C)cc1OC. The van der Waals surface area contributed by atoms with Crippen LogP contribution in [0.2, 0.25) is 0 Å². The number of hydrogen-bond acceptors (Lipinski definition) is 3. The van der Waals surface area contributed by atoms with E-state index in [1.165, 1.54) is 0 Å². The van der Waals surface area contributed by atoms with Crippen LogP contribution in [-0.4, -0.2) is 19.0 Å². The fraction of sp³-hybridized carbons (Fsp3) is 0.462. The maximum atomic E-state index is 7.29. The summed E-state index contributed by atoms with van der Waals surface area (Å²) in [5.41, 5.74) is 6.51. The number of nitrogens with one attached hydrogen (secondary N) is 1. The molecule has 4 heteroatoms. The second-order valence-electron chi connectivity index (χ2n) is 4.03. The second-order valence-corrected chi connectivity index (χ2v) is 4.03. The zero-order valence-corrected chi connectivity index (χ0v) is 10.6. The Labute approximate surface area is 102 Å². The Balaban J connectivity index is 2.81. The van der Waals surface area contributed by atoms with Crippen molar-refractivity contribution in [3.8, 4) is 11.5 Å². The molecule has 17 heavy (non-hydrogen) atoms. The van der Waals surface area contributed by atoms with Gasteiger partial charge in [-0.25, -0.2) is 0 Å². The van der Waals surface area contributed by atoms with E-state index in [0.717, 1.165) is 12.0 Å². The normalized spacial score (nSPS) is 11.9. The van der Waals surface area contributed by atoms with Crippen molar-refractivity contribution in [1.29, 1.82) is 5.41 Å². The number of rotatable bonds is 6. The first-order valence-electron chi connectivity index (χ1n) is 5.71. The molecule has 0 fully saturated rings. The highest BCUT2D eigenvalue weighted by Gasteiger charge is 2.12. The summed E-state index contributed by atoms with van der Waals surface area (Å²) >= 11 is 0. The smallest absolute Gasteiger partial charge is 0.161 e. The maximum Gasteiger partial charge on any atom is 0.161 e. The lowest BCUT2D eigenvalue weighted by molar-refractivity contribution is 0.196. The van der Waals surface area contributed by atoms with Gasteiger partial charge in [-0.05, 0) is 31.0 Å². The first kappa shape index (κ1) is 13.4. The van der Waals surface area contributed by atoms with Crippen LogP contribution in [0.15, 0.2) is 18.2 Å². The summed E-state index contributed by atoms with van der Waals surface area (Å²) in [5.74, 6) is 1.56. The Morgan fingerprint density at radius 3 is 2.65 bits per heavy atom. The van der Waals surface area contributed by atoms with Gasteiger partial charge in [0.2, 0.25) is 0 Å². The van der Waals surface area contributed by atoms with Crippen molar-refractivity contribution in [1.82, 2.24) is 0 Å². The standard InChI is InChI=1S/C13H20N2O2/c1-4-10(8-13(14)15)17-11-6-5-9(2)7-12(11)16-3/h5-7,10H,4,8H2,1-3H3,(H3,14,15). The molecule has 0 spiro atoms. The summed E-state index contributed by atoms with van der Waals surface area (Å²) in [6.45, 7) is 4.01. The van der Waals surface area contributed by atoms with E-state index in [0.29, 0.717) is 17.9 Å². The molecular formula is C13H20N2O2. The zero-order chi connectivity index (χ0) is 12.8. The van der Waals surface area contributed by atoms with Gasteiger partial charge in [0.25, 0.3) is 0 Å². The number of ether oxygens (including phenoxy) is 2. The van der Waals surface area contributed by atoms with E-state index in [-0.39, 0.29) is 11.9 Å². The highest BCUT2D eigenvalue weighted by molar-refractivity contribution is 5.77. The zero-order valence-electron chi connectivity index (χ0n) is 10.6. The summed E-state index contributed by atoms with van der Waals surface area (Å²) in [7, 11) is 1.62. The molecule has 0 aliphatic carbocycles. The number of benzene rings is 1. The van der Waals surface area contributed by atoms with E-state index in [1.807, 2.05) is 32.0 Å². The van der Waals surface area contributed by atoms with Crippen LogP contribution >= 0.6 is 0 Å². The molecule has 0 bridgehead atoms. The molecule has 1 unspecified atom stereocenters. The summed E-state index contributed by atoms with van der Waals surface area (Å²) in [6.07, 6.45) is 1.16. The Morgan fingerprint density at radius 2 is 2.12 bits per heavy atom. The van der Waals surface area contributed by atoms with Gasteiger partial charge >= 0.3 is 0 Å². The molecule has 3 N–H and O–H groups in total. The third kappa shape index (κ3) is 3.98. The third-order valence-corrected chi connectivity index (χ3v) is 2.52. The Bertz CT molecular complexity index is 391. The molecule has 0 aromatic heterocycles. The Kier molecular flexibility index (Phi) is 4.82. The van der Waals surface area contributed by atoms with Crippen LogP contribution in [0.1, 0.15) is 25.3 Å². The second kappa shape index (κ2) is 6.13. The molecule has 0 heterocycles. The van der Waals surface area contributed by atoms with Crippen LogP contribution < -0.4 is 15.2 Å². The number of nitrogens with two attached hydrogens (primary N) is 1. The minimum absolute atomic E-state index is 0.0795. The highest BCUT2D eigenvalue weighted by atomic mass is 16.5. The lowest BCUT2D eigenvalue weighted by atomic mass is 10.2. The fourth-order valence-corrected chi connectivity index (χ4v) is 1.57. The average molecular weight is 236 g/mol. The monoisotopic (exact) mass is 236 g/mol. The van der Waals surface area contributed by atoms with Gasteiger partial charge in [-0.15, -0.1) is 0 Å². The molecule has 1 aromatic rings. The molecular weight excluding hydrogens is 216 g/mol. The molecule has 4 nitrogen and oxygen atoms in total. The Morgan fingerprint density at radius 1 is 1.41 bits per heavy atom. The lowest BCUT2D eigenvalue weighted by Crippen LogP contribution is -2.24. The first-order chi connectivity index (χ1) is 8.06. The van der Waals surface area contributed by atoms with Crippen LogP contribution in [0.3, 0.4) is 0 Å². The van der Waals surface area contributed by atoms with Crippen LogP contribution in [0, 0.1) is 12.3 Å². The van der Waals surface area contributed by atoms with Crippen LogP contribution in [0.5, 0.6) is 11.5 Å². The number of methoxy groups -OCH3 is 1. The minimum Gasteiger partial charge on any atom is -0.493 e. The quantitative estimate of drug-likeness (QED) is 0.589. The fourth-order valence-electron chi connectivity index (χ4n) is 1.57. The molecule has 0 saturated carbocycles. The molecule has 94 valence electrons. The van der Waals surface area contributed by atoms with Crippen molar-refractivity contribution in [2.24, 2.45) is 5.73 Å². The molecule has 1 rings (SSSR count). The predicted molar refractivity (Wildman–Crippen MR) is 69.0 cm³/mol. The van der Waals surface area contributed by atoms with Gasteiger partial charge in [-0.2, -0.15) is 0 Å². The van der Waals surface area contributed by atoms with E-state index in [1.54, 1.807) is 7.11 Å². The molecule has 0 saturated heterocycles. The molecule has 0 aliphatic rings. The summed E-state index contributed by atoms with van der Waals surface area (Å²) in [4.78, 5) is 0. The summed E-state index contributed by atoms with van der Waals surface area (Å²) < 4.78 is 11.1. The largest absolute Gasteiger partial charge is 0.493 e. The topological polar surface area (TPSA) is 68.3 Å². The van der Waals surface area contributed by atoms with Crippen molar-refractivity contribution in [2.75, 3.05) is 7.11 Å². The molecule has 0 amide bonds. The first-order valence-corrected chi connectivity index (χ1v) is 5.71. The summed E-state index contributed by atoms with van der Waals surface area (Å²) in [5, 5.41) is 7.29. The van der Waals surface area contributed by atoms with Crippen molar-refractivity contribution in [2.45, 2.75) is 32.8 Å². The number of amidine groups is 1. The highest BCUT2D eigenvalue weighted by Crippen LogP contribution is 2.29. The van der Waals surface area contributed by atoms with Crippen LogP contribution in [0.4, 0.5) is 0 Å². The maximum absolute atomic E-state index is 7.29. The van der Waals surface area contributed by atoms with Gasteiger partial charge in [0, 0.05) is 6.42 Å². The van der Waals surface area contributed by atoms with Crippen molar-refractivity contribution in [3.63, 3.8) is 0 Å². The molecule has 1 atom stereocenters. The lowest BCUT2D eigenvalue weighted by Gasteiger charge is -2.19. The Hall–Kier alpha value is -1.71. The summed E-state index contributed by atoms with van der Waals surface area (Å²) in [6, 6.07) is 5.78. The van der Waals surface area contributed by atoms with Gasteiger partial charge in [-0.1, -0.05) is 13.0 Å². The van der Waals surface area contributed by atoms with Gasteiger partial charge in [-0.3, -0.25) is 5.41 Å². The van der Waals surface area contributed by atoms with E-state index >= 15 is 0 Å². The van der Waals surface area contributed by atoms with Crippen molar-refractivity contribution in [3.05, 3.63) is 23.8 Å². The van der Waals surface area contributed by atoms with E-state index < -0.39 is 0 Å². The molecule has 0 aliphatic heterocycles. The van der Waals surface area contributed by atoms with E-state index in [4.69, 9.17) is 20.6 Å². The predicted octanol–water partition coefficient (Wildman–Crippen LogP) is 2.49. The van der Waals surface area contributed by atoms with E-state index in [2.05, 4.69) is 0 Å². The van der Waals surface area contributed by atoms with Gasteiger partial charge in [0.15, 0.2) is 11.5 Å². The van der Waals surface area contributed by atoms with Gasteiger partial charge < -0.3 is 15.2 Å². The van der Waals surface area contributed by atoms with Crippen molar-refractivity contribution < 1.29 is 9.47 Å². The molecule has 0 radical (unpaired) electrons. The molecule has 1 aromatic carbocycles. The van der Waals surface area contributed by atoms with Crippen LogP contribution in [-0.2, 0) is 0 Å². The van der Waals surface area contributed by atoms with Crippen LogP contribution in [0.25, 0.3) is 0 Å². The van der Waals surface area contributed by atoms with Gasteiger partial charge in [0.05, 0.1) is 12.9 Å². The number of aryl methyl sites for hydroxylation is 1. The third-order valence-electron chi connectivity index (χ3n) is 2.52. The van der Waals surface area contributed by atoms with Gasteiger partial charge in [0.1, 0.15) is 6.10 Å². The number of hydrogen-bond donors (Lipinski definition) is 2. The van der Waals surface area contributed by atoms with Crippen molar-refractivity contribution >= 4 is 5.84 Å².